The topological polar surface area (TPSA) is 81.5 Å². The number of nitrogens with zero attached hydrogens (tertiary/aromatic N) is 1. The zero-order chi connectivity index (χ0) is 15.5. The van der Waals surface area contributed by atoms with E-state index in [1.54, 1.807) is 12.1 Å². The molecule has 0 bridgehead atoms. The van der Waals surface area contributed by atoms with Crippen molar-refractivity contribution in [2.75, 3.05) is 0 Å². The van der Waals surface area contributed by atoms with Gasteiger partial charge in [-0.15, -0.1) is 0 Å². The first-order valence-corrected chi connectivity index (χ1v) is 6.87. The van der Waals surface area contributed by atoms with E-state index in [-0.39, 0.29) is 24.1 Å². The summed E-state index contributed by atoms with van der Waals surface area (Å²) in [5, 5.41) is 13.4. The summed E-state index contributed by atoms with van der Waals surface area (Å²) in [5.74, 6) is -0.108. The lowest BCUT2D eigenvalue weighted by Crippen LogP contribution is -2.37. The molecule has 0 saturated carbocycles. The SMILES string of the molecule is O=C1C[C@@H](c2ccccc2)O[C@H](c2ccc([N+](=O)[O-])cc2)N1. The molecule has 6 heteroatoms. The summed E-state index contributed by atoms with van der Waals surface area (Å²) < 4.78 is 5.93. The second-order valence-corrected chi connectivity index (χ2v) is 5.04. The second-order valence-electron chi connectivity index (χ2n) is 5.04. The first kappa shape index (κ1) is 14.2. The number of ether oxygens (including phenoxy) is 1. The van der Waals surface area contributed by atoms with E-state index in [4.69, 9.17) is 4.74 Å². The molecule has 0 spiro atoms. The lowest BCUT2D eigenvalue weighted by atomic mass is 10.0. The van der Waals surface area contributed by atoms with E-state index in [0.717, 1.165) is 5.56 Å². The maximum absolute atomic E-state index is 11.9. The van der Waals surface area contributed by atoms with Gasteiger partial charge in [-0.1, -0.05) is 30.3 Å². The highest BCUT2D eigenvalue weighted by Gasteiger charge is 2.29. The van der Waals surface area contributed by atoms with Crippen molar-refractivity contribution in [3.8, 4) is 0 Å². The highest BCUT2D eigenvalue weighted by atomic mass is 16.6. The second kappa shape index (κ2) is 5.95. The first-order chi connectivity index (χ1) is 10.6. The number of non-ortho nitro benzene ring substituents is 1. The number of carbonyl (C=O) groups is 1. The Morgan fingerprint density at radius 3 is 2.36 bits per heavy atom. The lowest BCUT2D eigenvalue weighted by Gasteiger charge is -2.31. The van der Waals surface area contributed by atoms with Crippen molar-refractivity contribution in [3.05, 3.63) is 75.8 Å². The Bertz CT molecular complexity index is 685. The van der Waals surface area contributed by atoms with Crippen molar-refractivity contribution in [2.45, 2.75) is 18.8 Å². The van der Waals surface area contributed by atoms with Gasteiger partial charge in [-0.2, -0.15) is 0 Å². The molecule has 1 heterocycles. The standard InChI is InChI=1S/C16H14N2O4/c19-15-10-14(11-4-2-1-3-5-11)22-16(17-15)12-6-8-13(9-7-12)18(20)21/h1-9,14,16H,10H2,(H,17,19)/t14-,16+/m0/s1. The number of benzene rings is 2. The summed E-state index contributed by atoms with van der Waals surface area (Å²) in [6.07, 6.45) is -0.671. The van der Waals surface area contributed by atoms with Gasteiger partial charge in [0, 0.05) is 17.7 Å². The summed E-state index contributed by atoms with van der Waals surface area (Å²) in [6.45, 7) is 0. The number of nitro benzene ring substituents is 1. The van der Waals surface area contributed by atoms with Gasteiger partial charge in [0.05, 0.1) is 17.4 Å². The van der Waals surface area contributed by atoms with Gasteiger partial charge in [0.1, 0.15) is 0 Å². The predicted molar refractivity (Wildman–Crippen MR) is 78.9 cm³/mol. The molecule has 1 N–H and O–H groups in total. The van der Waals surface area contributed by atoms with E-state index in [1.807, 2.05) is 30.3 Å². The molecule has 1 fully saturated rings. The molecule has 2 aromatic rings. The van der Waals surface area contributed by atoms with Crippen LogP contribution in [0.2, 0.25) is 0 Å². The molecule has 1 aliphatic rings. The first-order valence-electron chi connectivity index (χ1n) is 6.87. The largest absolute Gasteiger partial charge is 0.346 e. The molecule has 0 aliphatic carbocycles. The van der Waals surface area contributed by atoms with E-state index in [9.17, 15) is 14.9 Å². The van der Waals surface area contributed by atoms with Crippen LogP contribution in [0.15, 0.2) is 54.6 Å². The molecule has 6 nitrogen and oxygen atoms in total. The summed E-state index contributed by atoms with van der Waals surface area (Å²) in [6, 6.07) is 15.5. The maximum atomic E-state index is 11.9. The number of hydrogen-bond acceptors (Lipinski definition) is 4. The van der Waals surface area contributed by atoms with Crippen molar-refractivity contribution in [1.29, 1.82) is 0 Å². The van der Waals surface area contributed by atoms with Crippen molar-refractivity contribution >= 4 is 11.6 Å². The average Bonchev–Trinajstić information content (AvgIpc) is 2.55. The van der Waals surface area contributed by atoms with Gasteiger partial charge in [-0.3, -0.25) is 14.9 Å². The van der Waals surface area contributed by atoms with Crippen LogP contribution in [-0.2, 0) is 9.53 Å². The molecular weight excluding hydrogens is 284 g/mol. The Labute approximate surface area is 126 Å². The average molecular weight is 298 g/mol. The molecule has 0 unspecified atom stereocenters. The molecule has 0 aromatic heterocycles. The van der Waals surface area contributed by atoms with Crippen molar-refractivity contribution in [2.24, 2.45) is 0 Å². The van der Waals surface area contributed by atoms with Crippen LogP contribution in [0.1, 0.15) is 29.9 Å². The van der Waals surface area contributed by atoms with Crippen LogP contribution in [0.3, 0.4) is 0 Å². The van der Waals surface area contributed by atoms with Crippen LogP contribution in [0.25, 0.3) is 0 Å². The third-order valence-corrected chi connectivity index (χ3v) is 3.54. The van der Waals surface area contributed by atoms with Crippen molar-refractivity contribution in [3.63, 3.8) is 0 Å². The minimum atomic E-state index is -0.604. The van der Waals surface area contributed by atoms with Gasteiger partial charge >= 0.3 is 0 Å². The number of carbonyl (C=O) groups excluding carboxylic acids is 1. The minimum absolute atomic E-state index is 0.00509. The fourth-order valence-corrected chi connectivity index (χ4v) is 2.42. The van der Waals surface area contributed by atoms with Gasteiger partial charge in [0.2, 0.25) is 5.91 Å². The van der Waals surface area contributed by atoms with Gasteiger partial charge in [0.25, 0.3) is 5.69 Å². The summed E-state index contributed by atoms with van der Waals surface area (Å²) in [5.41, 5.74) is 1.62. The predicted octanol–water partition coefficient (Wildman–Crippen LogP) is 2.87. The Balaban J connectivity index is 1.81. The molecule has 1 aliphatic heterocycles. The zero-order valence-corrected chi connectivity index (χ0v) is 11.6. The number of nitrogens with one attached hydrogen (secondary N) is 1. The van der Waals surface area contributed by atoms with Crippen LogP contribution >= 0.6 is 0 Å². The Kier molecular flexibility index (Phi) is 3.84. The number of hydrogen-bond donors (Lipinski definition) is 1. The third kappa shape index (κ3) is 2.96. The summed E-state index contributed by atoms with van der Waals surface area (Å²) in [7, 11) is 0. The molecule has 22 heavy (non-hydrogen) atoms. The molecule has 0 radical (unpaired) electrons. The Hall–Kier alpha value is -2.73. The van der Waals surface area contributed by atoms with E-state index in [2.05, 4.69) is 5.32 Å². The van der Waals surface area contributed by atoms with Crippen LogP contribution in [-0.4, -0.2) is 10.8 Å². The monoisotopic (exact) mass is 298 g/mol. The number of nitro groups is 1. The van der Waals surface area contributed by atoms with Gasteiger partial charge < -0.3 is 10.1 Å². The van der Waals surface area contributed by atoms with E-state index < -0.39 is 11.2 Å². The third-order valence-electron chi connectivity index (χ3n) is 3.54. The minimum Gasteiger partial charge on any atom is -0.346 e. The quantitative estimate of drug-likeness (QED) is 0.697. The lowest BCUT2D eigenvalue weighted by molar-refractivity contribution is -0.384. The molecule has 1 amide bonds. The smallest absolute Gasteiger partial charge is 0.269 e. The van der Waals surface area contributed by atoms with Gasteiger partial charge in [0.15, 0.2) is 6.23 Å². The van der Waals surface area contributed by atoms with Crippen LogP contribution < -0.4 is 5.32 Å². The van der Waals surface area contributed by atoms with E-state index in [0.29, 0.717) is 5.56 Å². The van der Waals surface area contributed by atoms with Gasteiger partial charge in [-0.25, -0.2) is 0 Å². The van der Waals surface area contributed by atoms with E-state index in [1.165, 1.54) is 12.1 Å². The van der Waals surface area contributed by atoms with Crippen LogP contribution in [0.5, 0.6) is 0 Å². The molecule has 2 atom stereocenters. The molecular formula is C16H14N2O4. The Morgan fingerprint density at radius 2 is 1.73 bits per heavy atom. The van der Waals surface area contributed by atoms with Crippen molar-refractivity contribution in [1.82, 2.24) is 5.32 Å². The van der Waals surface area contributed by atoms with Gasteiger partial charge in [-0.05, 0) is 17.7 Å². The van der Waals surface area contributed by atoms with Crippen LogP contribution in [0.4, 0.5) is 5.69 Å². The fourth-order valence-electron chi connectivity index (χ4n) is 2.42. The summed E-state index contributed by atoms with van der Waals surface area (Å²) >= 11 is 0. The maximum Gasteiger partial charge on any atom is 0.269 e. The highest BCUT2D eigenvalue weighted by Crippen LogP contribution is 2.32. The fraction of sp³-hybridized carbons (Fsp3) is 0.188. The number of amides is 1. The normalized spacial score (nSPS) is 21.2. The molecule has 3 rings (SSSR count). The zero-order valence-electron chi connectivity index (χ0n) is 11.6. The Morgan fingerprint density at radius 1 is 1.05 bits per heavy atom. The molecule has 2 aromatic carbocycles. The molecule has 1 saturated heterocycles. The van der Waals surface area contributed by atoms with E-state index >= 15 is 0 Å². The molecule has 112 valence electrons. The van der Waals surface area contributed by atoms with Crippen LogP contribution in [0, 0.1) is 10.1 Å². The van der Waals surface area contributed by atoms with Crippen molar-refractivity contribution < 1.29 is 14.5 Å². The summed E-state index contributed by atoms with van der Waals surface area (Å²) in [4.78, 5) is 22.1. The highest BCUT2D eigenvalue weighted by molar-refractivity contribution is 5.77. The number of rotatable bonds is 3.